The number of hydrogen-bond donors (Lipinski definition) is 1. The van der Waals surface area contributed by atoms with E-state index < -0.39 is 21.0 Å². The quantitative estimate of drug-likeness (QED) is 0.700. The molecule has 0 aliphatic rings. The first kappa shape index (κ1) is 19.8. The largest absolute Gasteiger partial charge is 0.403 e. The van der Waals surface area contributed by atoms with Gasteiger partial charge in [-0.1, -0.05) is 28.9 Å². The average molecular weight is 399 g/mol. The molecule has 1 N–H and O–H groups in total. The zero-order chi connectivity index (χ0) is 20.5. The Labute approximate surface area is 163 Å². The summed E-state index contributed by atoms with van der Waals surface area (Å²) in [6.45, 7) is 7.07. The van der Waals surface area contributed by atoms with Crippen LogP contribution in [0.1, 0.15) is 35.3 Å². The van der Waals surface area contributed by atoms with Gasteiger partial charge in [-0.25, -0.2) is 8.42 Å². The van der Waals surface area contributed by atoms with Gasteiger partial charge < -0.3 is 4.42 Å². The summed E-state index contributed by atoms with van der Waals surface area (Å²) in [5, 5.41) is 9.78. The van der Waals surface area contributed by atoms with Crippen LogP contribution in [0, 0.1) is 13.8 Å². The molecule has 0 saturated heterocycles. The predicted octanol–water partition coefficient (Wildman–Crippen LogP) is 3.79. The van der Waals surface area contributed by atoms with Crippen molar-refractivity contribution in [2.24, 2.45) is 0 Å². The van der Waals surface area contributed by atoms with Gasteiger partial charge in [0.1, 0.15) is 0 Å². The summed E-state index contributed by atoms with van der Waals surface area (Å²) in [7, 11) is -3.48. The molecule has 0 atom stereocenters. The molecule has 2 aromatic carbocycles. The van der Waals surface area contributed by atoms with Gasteiger partial charge in [0, 0.05) is 11.1 Å². The van der Waals surface area contributed by atoms with E-state index in [0.29, 0.717) is 5.89 Å². The van der Waals surface area contributed by atoms with Gasteiger partial charge in [0.15, 0.2) is 9.84 Å². The maximum Gasteiger partial charge on any atom is 0.322 e. The highest BCUT2D eigenvalue weighted by molar-refractivity contribution is 7.92. The summed E-state index contributed by atoms with van der Waals surface area (Å²) in [5.74, 6) is -0.232. The minimum atomic E-state index is -3.48. The zero-order valence-electron chi connectivity index (χ0n) is 16.1. The molecule has 1 heterocycles. The van der Waals surface area contributed by atoms with Gasteiger partial charge in [0.25, 0.3) is 5.91 Å². The lowest BCUT2D eigenvalue weighted by molar-refractivity contribution is 0.102. The van der Waals surface area contributed by atoms with E-state index in [9.17, 15) is 13.2 Å². The molecule has 7 nitrogen and oxygen atoms in total. The number of anilines is 1. The van der Waals surface area contributed by atoms with Gasteiger partial charge in [0.05, 0.1) is 10.1 Å². The Morgan fingerprint density at radius 1 is 1.07 bits per heavy atom. The molecule has 0 aliphatic heterocycles. The Morgan fingerprint density at radius 3 is 2.54 bits per heavy atom. The van der Waals surface area contributed by atoms with E-state index in [4.69, 9.17) is 4.42 Å². The number of aromatic nitrogens is 2. The topological polar surface area (TPSA) is 102 Å². The first-order chi connectivity index (χ1) is 13.2. The highest BCUT2D eigenvalue weighted by atomic mass is 32.2. The summed E-state index contributed by atoms with van der Waals surface area (Å²) < 4.78 is 30.2. The van der Waals surface area contributed by atoms with E-state index >= 15 is 0 Å². The third-order valence-corrected chi connectivity index (χ3v) is 6.47. The second-order valence-electron chi connectivity index (χ2n) is 6.81. The Kier molecular flexibility index (Phi) is 5.33. The van der Waals surface area contributed by atoms with Crippen LogP contribution in [0.15, 0.2) is 51.8 Å². The van der Waals surface area contributed by atoms with Crippen molar-refractivity contribution < 1.29 is 17.6 Å². The molecule has 1 amide bonds. The van der Waals surface area contributed by atoms with Gasteiger partial charge in [0.2, 0.25) is 5.89 Å². The number of amides is 1. The van der Waals surface area contributed by atoms with Gasteiger partial charge in [-0.2, -0.15) is 0 Å². The first-order valence-electron chi connectivity index (χ1n) is 8.75. The molecular formula is C20H21N3O4S. The third-order valence-electron chi connectivity index (χ3n) is 4.31. The van der Waals surface area contributed by atoms with E-state index in [1.54, 1.807) is 13.8 Å². The first-order valence-corrected chi connectivity index (χ1v) is 10.3. The SMILES string of the molecule is Cc1ccc(C)c(-c2nnc(NC(=O)c3cccc(S(=O)(=O)C(C)C)c3)o2)c1. The van der Waals surface area contributed by atoms with Crippen molar-refractivity contribution in [2.45, 2.75) is 37.8 Å². The van der Waals surface area contributed by atoms with Crippen LogP contribution in [0.4, 0.5) is 6.01 Å². The molecule has 0 radical (unpaired) electrons. The minimum absolute atomic E-state index is 0.0574. The van der Waals surface area contributed by atoms with Crippen LogP contribution in [0.2, 0.25) is 0 Å². The van der Waals surface area contributed by atoms with Crippen LogP contribution in [0.3, 0.4) is 0 Å². The van der Waals surface area contributed by atoms with Crippen molar-refractivity contribution in [1.82, 2.24) is 10.2 Å². The van der Waals surface area contributed by atoms with Gasteiger partial charge >= 0.3 is 6.01 Å². The average Bonchev–Trinajstić information content (AvgIpc) is 3.12. The summed E-state index contributed by atoms with van der Waals surface area (Å²) in [4.78, 5) is 12.6. The number of sulfone groups is 1. The third kappa shape index (κ3) is 3.96. The number of carbonyl (C=O) groups is 1. The van der Waals surface area contributed by atoms with E-state index in [0.717, 1.165) is 16.7 Å². The standard InChI is InChI=1S/C20H21N3O4S/c1-12(2)28(25,26)16-7-5-6-15(11-16)18(24)21-20-23-22-19(27-20)17-10-13(3)8-9-14(17)4/h5-12H,1-4H3,(H,21,23,24). The number of nitrogens with one attached hydrogen (secondary N) is 1. The Bertz CT molecular complexity index is 1130. The van der Waals surface area contributed by atoms with Crippen molar-refractivity contribution in [3.05, 3.63) is 59.2 Å². The predicted molar refractivity (Wildman–Crippen MR) is 106 cm³/mol. The van der Waals surface area contributed by atoms with E-state index in [1.165, 1.54) is 24.3 Å². The summed E-state index contributed by atoms with van der Waals surface area (Å²) in [6, 6.07) is 11.7. The Morgan fingerprint density at radius 2 is 1.82 bits per heavy atom. The number of hydrogen-bond acceptors (Lipinski definition) is 6. The second-order valence-corrected chi connectivity index (χ2v) is 9.31. The molecule has 28 heavy (non-hydrogen) atoms. The molecule has 3 rings (SSSR count). The lowest BCUT2D eigenvalue weighted by atomic mass is 10.1. The normalized spacial score (nSPS) is 11.6. The second kappa shape index (κ2) is 7.55. The fourth-order valence-electron chi connectivity index (χ4n) is 2.60. The van der Waals surface area contributed by atoms with Crippen LogP contribution in [0.25, 0.3) is 11.5 Å². The lowest BCUT2D eigenvalue weighted by Gasteiger charge is -2.09. The molecule has 0 spiro atoms. The number of aryl methyl sites for hydroxylation is 2. The molecule has 1 aromatic heterocycles. The maximum absolute atomic E-state index is 12.5. The van der Waals surface area contributed by atoms with Gasteiger partial charge in [-0.15, -0.1) is 5.10 Å². The molecular weight excluding hydrogens is 378 g/mol. The van der Waals surface area contributed by atoms with Crippen molar-refractivity contribution in [2.75, 3.05) is 5.32 Å². The van der Waals surface area contributed by atoms with Crippen LogP contribution in [-0.2, 0) is 9.84 Å². The van der Waals surface area contributed by atoms with Gasteiger partial charge in [-0.3, -0.25) is 10.1 Å². The number of rotatable bonds is 5. The molecule has 0 bridgehead atoms. The van der Waals surface area contributed by atoms with Crippen molar-refractivity contribution in [3.63, 3.8) is 0 Å². The lowest BCUT2D eigenvalue weighted by Crippen LogP contribution is -2.16. The molecule has 3 aromatic rings. The number of nitrogens with zero attached hydrogens (tertiary/aromatic N) is 2. The molecule has 8 heteroatoms. The van der Waals surface area contributed by atoms with Crippen molar-refractivity contribution >= 4 is 21.8 Å². The van der Waals surface area contributed by atoms with E-state index in [2.05, 4.69) is 15.5 Å². The van der Waals surface area contributed by atoms with Gasteiger partial charge in [-0.05, 0) is 57.5 Å². The summed E-state index contributed by atoms with van der Waals surface area (Å²) >= 11 is 0. The Hall–Kier alpha value is -3.00. The highest BCUT2D eigenvalue weighted by Gasteiger charge is 2.21. The number of carbonyl (C=O) groups excluding carboxylic acids is 1. The molecule has 146 valence electrons. The zero-order valence-corrected chi connectivity index (χ0v) is 16.9. The molecule has 0 saturated carbocycles. The monoisotopic (exact) mass is 399 g/mol. The van der Waals surface area contributed by atoms with Crippen molar-refractivity contribution in [1.29, 1.82) is 0 Å². The van der Waals surface area contributed by atoms with Crippen molar-refractivity contribution in [3.8, 4) is 11.5 Å². The summed E-state index contributed by atoms with van der Waals surface area (Å²) in [5.41, 5.74) is 3.00. The molecule has 0 aliphatic carbocycles. The molecule has 0 unspecified atom stereocenters. The van der Waals surface area contributed by atoms with E-state index in [-0.39, 0.29) is 16.5 Å². The number of benzene rings is 2. The van der Waals surface area contributed by atoms with Crippen LogP contribution >= 0.6 is 0 Å². The smallest absolute Gasteiger partial charge is 0.322 e. The summed E-state index contributed by atoms with van der Waals surface area (Å²) in [6.07, 6.45) is 0. The molecule has 0 fully saturated rings. The highest BCUT2D eigenvalue weighted by Crippen LogP contribution is 2.25. The minimum Gasteiger partial charge on any atom is -0.403 e. The van der Waals surface area contributed by atoms with E-state index in [1.807, 2.05) is 32.0 Å². The van der Waals surface area contributed by atoms with Crippen LogP contribution in [-0.4, -0.2) is 29.8 Å². The van der Waals surface area contributed by atoms with Crippen LogP contribution in [0.5, 0.6) is 0 Å². The maximum atomic E-state index is 12.5. The van der Waals surface area contributed by atoms with Crippen LogP contribution < -0.4 is 5.32 Å². The fraction of sp³-hybridized carbons (Fsp3) is 0.250. The fourth-order valence-corrected chi connectivity index (χ4v) is 3.71. The Balaban J connectivity index is 1.83.